The minimum Gasteiger partial charge on any atom is -0.454 e. The average molecular weight is 312 g/mol. The predicted molar refractivity (Wildman–Crippen MR) is 72.2 cm³/mol. The molecule has 1 aliphatic rings. The fraction of sp³-hybridized carbons (Fsp3) is 0.250. The van der Waals surface area contributed by atoms with Crippen LogP contribution in [0.4, 0.5) is 0 Å². The first-order chi connectivity index (χ1) is 8.26. The number of allylic oxidation sites excluding steroid dienone is 1. The van der Waals surface area contributed by atoms with Crippen LogP contribution in [-0.4, -0.2) is 12.5 Å². The molecule has 0 bridgehead atoms. The summed E-state index contributed by atoms with van der Waals surface area (Å²) in [5, 5.41) is 9.07. The van der Waals surface area contributed by atoms with Crippen LogP contribution in [0, 0.1) is 11.3 Å². The third-order valence-electron chi connectivity index (χ3n) is 2.22. The van der Waals surface area contributed by atoms with Crippen LogP contribution in [0.5, 0.6) is 11.5 Å². The van der Waals surface area contributed by atoms with E-state index in [4.69, 9.17) is 14.7 Å². The summed E-state index contributed by atoms with van der Waals surface area (Å²) in [7, 11) is 0. The standard InChI is InChI=1S/C12H10BrNO2S/c1-2-17-11(6-14)12(13)8-3-4-9-10(5-8)16-7-15-9/h3-5H,2,7H2,1H3. The van der Waals surface area contributed by atoms with Crippen LogP contribution in [0.3, 0.4) is 0 Å². The maximum Gasteiger partial charge on any atom is 0.231 e. The monoisotopic (exact) mass is 311 g/mol. The molecule has 0 unspecified atom stereocenters. The first kappa shape index (κ1) is 12.3. The topological polar surface area (TPSA) is 42.2 Å². The summed E-state index contributed by atoms with van der Waals surface area (Å²) in [4.78, 5) is 0.673. The van der Waals surface area contributed by atoms with Gasteiger partial charge in [0.15, 0.2) is 11.5 Å². The minimum atomic E-state index is 0.259. The normalized spacial score (nSPS) is 14.2. The number of benzene rings is 1. The van der Waals surface area contributed by atoms with E-state index >= 15 is 0 Å². The summed E-state index contributed by atoms with van der Waals surface area (Å²) in [5.74, 6) is 2.33. The van der Waals surface area contributed by atoms with E-state index in [1.54, 1.807) is 0 Å². The molecule has 0 radical (unpaired) electrons. The lowest BCUT2D eigenvalue weighted by Gasteiger charge is -2.04. The van der Waals surface area contributed by atoms with Gasteiger partial charge in [0, 0.05) is 4.48 Å². The number of nitrogens with zero attached hydrogens (tertiary/aromatic N) is 1. The van der Waals surface area contributed by atoms with Gasteiger partial charge in [-0.05, 0) is 45.4 Å². The molecule has 0 fully saturated rings. The van der Waals surface area contributed by atoms with Crippen LogP contribution in [0.25, 0.3) is 4.48 Å². The van der Waals surface area contributed by atoms with Crippen molar-refractivity contribution in [3.8, 4) is 17.6 Å². The molecule has 0 saturated heterocycles. The number of hydrogen-bond donors (Lipinski definition) is 0. The lowest BCUT2D eigenvalue weighted by atomic mass is 10.2. The van der Waals surface area contributed by atoms with Crippen molar-refractivity contribution in [2.45, 2.75) is 6.92 Å². The molecule has 5 heteroatoms. The first-order valence-corrected chi connectivity index (χ1v) is 6.86. The Morgan fingerprint density at radius 3 is 2.94 bits per heavy atom. The number of ether oxygens (including phenoxy) is 2. The van der Waals surface area contributed by atoms with Crippen molar-refractivity contribution >= 4 is 32.2 Å². The largest absolute Gasteiger partial charge is 0.454 e. The van der Waals surface area contributed by atoms with Gasteiger partial charge in [0.25, 0.3) is 0 Å². The molecule has 1 aliphatic heterocycles. The van der Waals surface area contributed by atoms with E-state index in [0.29, 0.717) is 4.91 Å². The Kier molecular flexibility index (Phi) is 3.97. The number of halogens is 1. The van der Waals surface area contributed by atoms with Gasteiger partial charge in [-0.1, -0.05) is 6.92 Å². The summed E-state index contributed by atoms with van der Waals surface area (Å²) in [6, 6.07) is 7.83. The van der Waals surface area contributed by atoms with E-state index in [2.05, 4.69) is 22.0 Å². The van der Waals surface area contributed by atoms with E-state index < -0.39 is 0 Å². The average Bonchev–Trinajstić information content (AvgIpc) is 2.82. The molecule has 0 aromatic heterocycles. The molecule has 0 aliphatic carbocycles. The summed E-state index contributed by atoms with van der Waals surface area (Å²) in [6.45, 7) is 2.27. The number of nitriles is 1. The molecule has 17 heavy (non-hydrogen) atoms. The molecule has 0 N–H and O–H groups in total. The minimum absolute atomic E-state index is 0.259. The van der Waals surface area contributed by atoms with Crippen LogP contribution in [-0.2, 0) is 0 Å². The second-order valence-electron chi connectivity index (χ2n) is 3.26. The molecule has 0 atom stereocenters. The molecule has 1 aromatic carbocycles. The zero-order valence-corrected chi connectivity index (χ0v) is 11.6. The second-order valence-corrected chi connectivity index (χ2v) is 5.32. The van der Waals surface area contributed by atoms with Gasteiger partial charge < -0.3 is 9.47 Å². The molecule has 1 heterocycles. The Hall–Kier alpha value is -1.12. The van der Waals surface area contributed by atoms with Gasteiger partial charge in [0.1, 0.15) is 6.07 Å². The fourth-order valence-corrected chi connectivity index (χ4v) is 2.73. The lowest BCUT2D eigenvalue weighted by molar-refractivity contribution is 0.174. The lowest BCUT2D eigenvalue weighted by Crippen LogP contribution is -1.92. The van der Waals surface area contributed by atoms with Gasteiger partial charge in [-0.2, -0.15) is 5.26 Å². The van der Waals surface area contributed by atoms with E-state index in [1.165, 1.54) is 11.8 Å². The molecule has 0 amide bonds. The van der Waals surface area contributed by atoms with Gasteiger partial charge in [-0.15, -0.1) is 11.8 Å². The third kappa shape index (κ3) is 2.59. The Bertz CT molecular complexity index is 508. The molecule has 1 aromatic rings. The van der Waals surface area contributed by atoms with Crippen molar-refractivity contribution < 1.29 is 9.47 Å². The highest BCUT2D eigenvalue weighted by Gasteiger charge is 2.15. The maximum atomic E-state index is 9.07. The van der Waals surface area contributed by atoms with Crippen molar-refractivity contribution in [2.75, 3.05) is 12.5 Å². The van der Waals surface area contributed by atoms with E-state index in [9.17, 15) is 0 Å². The van der Waals surface area contributed by atoms with Gasteiger partial charge >= 0.3 is 0 Å². The Balaban J connectivity index is 2.37. The quantitative estimate of drug-likeness (QED) is 0.797. The predicted octanol–water partition coefficient (Wildman–Crippen LogP) is 3.76. The molecular formula is C12H10BrNO2S. The van der Waals surface area contributed by atoms with Crippen LogP contribution >= 0.6 is 27.7 Å². The molecule has 0 spiro atoms. The van der Waals surface area contributed by atoms with Gasteiger partial charge in [-0.3, -0.25) is 0 Å². The Morgan fingerprint density at radius 1 is 1.47 bits per heavy atom. The van der Waals surface area contributed by atoms with E-state index in [0.717, 1.165) is 27.3 Å². The number of thioether (sulfide) groups is 1. The van der Waals surface area contributed by atoms with Crippen LogP contribution in [0.1, 0.15) is 12.5 Å². The van der Waals surface area contributed by atoms with Gasteiger partial charge in [0.2, 0.25) is 6.79 Å². The number of hydrogen-bond acceptors (Lipinski definition) is 4. The van der Waals surface area contributed by atoms with Crippen LogP contribution < -0.4 is 9.47 Å². The number of rotatable bonds is 3. The van der Waals surface area contributed by atoms with Gasteiger partial charge in [0.05, 0.1) is 4.91 Å². The molecule has 0 saturated carbocycles. The Labute approximate surface area is 113 Å². The summed E-state index contributed by atoms with van der Waals surface area (Å²) >= 11 is 4.97. The SMILES string of the molecule is CCSC(C#N)=C(Br)c1ccc2c(c1)OCO2. The second kappa shape index (κ2) is 5.48. The zero-order valence-electron chi connectivity index (χ0n) is 9.20. The molecular weight excluding hydrogens is 302 g/mol. The highest BCUT2D eigenvalue weighted by molar-refractivity contribution is 9.15. The fourth-order valence-electron chi connectivity index (χ4n) is 1.45. The smallest absolute Gasteiger partial charge is 0.231 e. The molecule has 3 nitrogen and oxygen atoms in total. The van der Waals surface area contributed by atoms with Gasteiger partial charge in [-0.25, -0.2) is 0 Å². The first-order valence-electron chi connectivity index (χ1n) is 5.09. The van der Waals surface area contributed by atoms with Crippen LogP contribution in [0.15, 0.2) is 23.1 Å². The van der Waals surface area contributed by atoms with E-state index in [-0.39, 0.29) is 6.79 Å². The molecule has 2 rings (SSSR count). The van der Waals surface area contributed by atoms with Crippen LogP contribution in [0.2, 0.25) is 0 Å². The highest BCUT2D eigenvalue weighted by atomic mass is 79.9. The zero-order chi connectivity index (χ0) is 12.3. The van der Waals surface area contributed by atoms with Crippen molar-refractivity contribution in [2.24, 2.45) is 0 Å². The van der Waals surface area contributed by atoms with Crippen molar-refractivity contribution in [3.63, 3.8) is 0 Å². The highest BCUT2D eigenvalue weighted by Crippen LogP contribution is 2.38. The Morgan fingerprint density at radius 2 is 2.24 bits per heavy atom. The third-order valence-corrected chi connectivity index (χ3v) is 4.21. The van der Waals surface area contributed by atoms with E-state index in [1.807, 2.05) is 25.1 Å². The summed E-state index contributed by atoms with van der Waals surface area (Å²) in [6.07, 6.45) is 0. The van der Waals surface area contributed by atoms with Crippen molar-refractivity contribution in [1.82, 2.24) is 0 Å². The summed E-state index contributed by atoms with van der Waals surface area (Å²) in [5.41, 5.74) is 0.923. The van der Waals surface area contributed by atoms with Crippen molar-refractivity contribution in [3.05, 3.63) is 28.7 Å². The summed E-state index contributed by atoms with van der Waals surface area (Å²) < 4.78 is 11.3. The van der Waals surface area contributed by atoms with Crippen molar-refractivity contribution in [1.29, 1.82) is 5.26 Å². The molecule has 88 valence electrons. The number of fused-ring (bicyclic) bond motifs is 1. The maximum absolute atomic E-state index is 9.07.